The van der Waals surface area contributed by atoms with Gasteiger partial charge >= 0.3 is 0 Å². The molecule has 20 aromatic rings. The smallest absolute Gasteiger partial charge is 0.227 e. The Morgan fingerprint density at radius 3 is 0.983 bits per heavy atom. The molecule has 0 saturated heterocycles. The average Bonchev–Trinajstić information content (AvgIpc) is 1.65. The van der Waals surface area contributed by atoms with E-state index in [-0.39, 0.29) is 0 Å². The number of fused-ring (bicyclic) bond motifs is 20. The average molecular weight is 1510 g/mol. The van der Waals surface area contributed by atoms with Crippen LogP contribution in [0.25, 0.3) is 176 Å². The van der Waals surface area contributed by atoms with Crippen molar-refractivity contribution in [3.05, 3.63) is 288 Å². The number of hydrogen-bond donors (Lipinski definition) is 0. The van der Waals surface area contributed by atoms with Gasteiger partial charge in [0.05, 0.1) is 22.3 Å². The molecular formula is C103H94N8O4+4. The predicted molar refractivity (Wildman–Crippen MR) is 467 cm³/mol. The molecule has 0 radical (unpaired) electrons. The Kier molecular flexibility index (Phi) is 16.9. The van der Waals surface area contributed by atoms with E-state index in [9.17, 15) is 1.37 Å². The van der Waals surface area contributed by atoms with Crippen LogP contribution in [0.3, 0.4) is 0 Å². The summed E-state index contributed by atoms with van der Waals surface area (Å²) in [5.74, 6) is -1.66. The van der Waals surface area contributed by atoms with Gasteiger partial charge in [0.2, 0.25) is 45.6 Å². The molecule has 22 rings (SSSR count). The van der Waals surface area contributed by atoms with E-state index < -0.39 is 24.5 Å². The number of nitrogens with zero attached hydrogens (tertiary/aromatic N) is 8. The van der Waals surface area contributed by atoms with E-state index in [4.69, 9.17) is 24.5 Å². The molecule has 8 aromatic carbocycles. The Morgan fingerprint density at radius 1 is 0.348 bits per heavy atom. The number of hydrogen-bond acceptors (Lipinski definition) is 8. The molecule has 0 N–H and O–H groups in total. The van der Waals surface area contributed by atoms with Crippen LogP contribution in [0, 0.1) is 34.5 Å². The molecule has 12 heterocycles. The van der Waals surface area contributed by atoms with Gasteiger partial charge in [-0.25, -0.2) is 38.2 Å². The van der Waals surface area contributed by atoms with Crippen molar-refractivity contribution in [2.75, 3.05) is 0 Å². The van der Waals surface area contributed by atoms with E-state index >= 15 is 0 Å². The minimum absolute atomic E-state index is 0.310. The van der Waals surface area contributed by atoms with Crippen molar-refractivity contribution in [3.8, 4) is 45.0 Å². The molecule has 2 saturated carbocycles. The second kappa shape index (κ2) is 29.6. The van der Waals surface area contributed by atoms with Crippen LogP contribution in [0.2, 0.25) is 0 Å². The molecule has 12 nitrogen and oxygen atoms in total. The molecule has 0 bridgehead atoms. The maximum absolute atomic E-state index is 9.18. The second-order valence-corrected chi connectivity index (χ2v) is 31.5. The summed E-state index contributed by atoms with van der Waals surface area (Å²) in [6.45, 7) is 10.3. The lowest BCUT2D eigenvalue weighted by atomic mass is 9.83. The lowest BCUT2D eigenvalue weighted by Crippen LogP contribution is -2.31. The summed E-state index contributed by atoms with van der Waals surface area (Å²) in [5, 5.41) is 17.9. The molecule has 2 fully saturated rings. The van der Waals surface area contributed by atoms with Crippen LogP contribution < -0.4 is 18.3 Å². The molecule has 0 aliphatic heterocycles. The van der Waals surface area contributed by atoms with E-state index in [0.717, 1.165) is 195 Å². The molecule has 0 spiro atoms. The van der Waals surface area contributed by atoms with E-state index in [0.29, 0.717) is 28.4 Å². The predicted octanol–water partition coefficient (Wildman–Crippen LogP) is 24.9. The number of furan rings is 4. The lowest BCUT2D eigenvalue weighted by molar-refractivity contribution is -0.660. The summed E-state index contributed by atoms with van der Waals surface area (Å²) in [6.07, 6.45) is 24.5. The number of aryl methyl sites for hydroxylation is 9. The molecule has 2 aliphatic carbocycles. The molecule has 115 heavy (non-hydrogen) atoms. The van der Waals surface area contributed by atoms with E-state index in [1.807, 2.05) is 93.3 Å². The first-order valence-corrected chi connectivity index (χ1v) is 40.1. The highest BCUT2D eigenvalue weighted by molar-refractivity contribution is 6.26. The highest BCUT2D eigenvalue weighted by Crippen LogP contribution is 2.49. The van der Waals surface area contributed by atoms with Crippen molar-refractivity contribution in [1.82, 2.24) is 19.9 Å². The molecule has 0 amide bonds. The summed E-state index contributed by atoms with van der Waals surface area (Å²) < 4.78 is 83.5. The summed E-state index contributed by atoms with van der Waals surface area (Å²) in [7, 11) is 8.06. The number of benzene rings is 8. The van der Waals surface area contributed by atoms with Crippen molar-refractivity contribution in [2.45, 2.75) is 124 Å². The summed E-state index contributed by atoms with van der Waals surface area (Å²) >= 11 is 0. The van der Waals surface area contributed by atoms with Gasteiger partial charge in [-0.3, -0.25) is 0 Å². The largest absolute Gasteiger partial charge is 0.437 e. The third kappa shape index (κ3) is 12.5. The van der Waals surface area contributed by atoms with Gasteiger partial charge in [0.1, 0.15) is 28.2 Å². The van der Waals surface area contributed by atoms with E-state index in [1.54, 1.807) is 37.1 Å². The maximum Gasteiger partial charge on any atom is 0.227 e. The maximum atomic E-state index is 9.18. The van der Waals surface area contributed by atoms with Crippen molar-refractivity contribution in [2.24, 2.45) is 28.2 Å². The third-order valence-electron chi connectivity index (χ3n) is 24.3. The number of pyridine rings is 8. The summed E-state index contributed by atoms with van der Waals surface area (Å²) in [4.78, 5) is 17.9. The topological polar surface area (TPSA) is 120 Å². The van der Waals surface area contributed by atoms with Crippen LogP contribution in [0.15, 0.2) is 261 Å². The van der Waals surface area contributed by atoms with Gasteiger partial charge in [0.15, 0.2) is 47.1 Å². The monoisotopic (exact) mass is 1510 g/mol. The SMILES string of the molecule is [2H]C(C)(C)c1cc[n+](C)c(-c2c(C)c3ccccc3c3c2oc2ncccc23)c1.[2H]C([2H])([2H])c1ccc(-c2c(C)c3ccccc3c3c2oc2ncccc23)[n+](C)c1.[2H]C1(c2cc[n+](C)c(-c3c(C)c4ccccc4c4c3oc3ncccc34)c2)CCCC1.[2H]C1(c2cc[n+](C)c(-c3c(C)c4ccccc4c4c3oc3ncccc34)c2)CCCCC1. The molecule has 566 valence electrons. The Morgan fingerprint density at radius 2 is 0.652 bits per heavy atom. The van der Waals surface area contributed by atoms with Gasteiger partial charge in [0.25, 0.3) is 0 Å². The van der Waals surface area contributed by atoms with Crippen LogP contribution in [-0.2, 0) is 28.2 Å². The first-order chi connectivity index (χ1) is 58.4. The molecule has 0 atom stereocenters. The lowest BCUT2D eigenvalue weighted by Gasteiger charge is -2.22. The number of aromatic nitrogens is 8. The number of rotatable bonds is 7. The van der Waals surface area contributed by atoms with Crippen molar-refractivity contribution in [1.29, 1.82) is 0 Å². The Labute approximate surface area is 677 Å². The van der Waals surface area contributed by atoms with Crippen LogP contribution in [0.4, 0.5) is 0 Å². The Bertz CT molecular complexity index is 7590. The fourth-order valence-corrected chi connectivity index (χ4v) is 18.5. The highest BCUT2D eigenvalue weighted by Gasteiger charge is 2.32. The van der Waals surface area contributed by atoms with Gasteiger partial charge in [-0.1, -0.05) is 143 Å². The fraction of sp³-hybridized carbons (Fsp3) is 0.223. The van der Waals surface area contributed by atoms with Gasteiger partial charge < -0.3 is 17.7 Å². The highest BCUT2D eigenvalue weighted by atomic mass is 16.4. The molecular weight excluding hydrogens is 1410 g/mol. The van der Waals surface area contributed by atoms with Crippen LogP contribution in [0.5, 0.6) is 0 Å². The first kappa shape index (κ1) is 65.7. The summed E-state index contributed by atoms with van der Waals surface area (Å²) in [6, 6.07) is 66.3. The Hall–Kier alpha value is -12.8. The van der Waals surface area contributed by atoms with Crippen LogP contribution in [0.1, 0.15) is 142 Å². The van der Waals surface area contributed by atoms with E-state index in [2.05, 4.69) is 221 Å². The van der Waals surface area contributed by atoms with Gasteiger partial charge in [-0.15, -0.1) is 0 Å². The van der Waals surface area contributed by atoms with Crippen molar-refractivity contribution < 1.29 is 44.2 Å². The molecule has 12 aromatic heterocycles. The summed E-state index contributed by atoms with van der Waals surface area (Å²) in [5.41, 5.74) is 22.4. The van der Waals surface area contributed by atoms with E-state index in [1.165, 1.54) is 55.4 Å². The zero-order valence-electron chi connectivity index (χ0n) is 72.7. The quantitative estimate of drug-likeness (QED) is 0.145. The second-order valence-electron chi connectivity index (χ2n) is 31.5. The molecule has 0 unspecified atom stereocenters. The van der Waals surface area contributed by atoms with Gasteiger partial charge in [0, 0.05) is 124 Å². The zero-order chi connectivity index (χ0) is 83.7. The van der Waals surface area contributed by atoms with Gasteiger partial charge in [-0.2, -0.15) is 0 Å². The van der Waals surface area contributed by atoms with Crippen LogP contribution >= 0.6 is 0 Å². The van der Waals surface area contributed by atoms with Crippen molar-refractivity contribution in [3.63, 3.8) is 0 Å². The van der Waals surface area contributed by atoms with Crippen LogP contribution in [-0.4, -0.2) is 19.9 Å². The zero-order valence-corrected chi connectivity index (χ0v) is 66.7. The molecule has 2 aliphatic rings. The molecule has 12 heteroatoms. The minimum atomic E-state index is -2.15. The third-order valence-corrected chi connectivity index (χ3v) is 24.3. The van der Waals surface area contributed by atoms with Crippen molar-refractivity contribution >= 4 is 131 Å². The fourth-order valence-electron chi connectivity index (χ4n) is 18.5. The Balaban J connectivity index is 0.000000107. The normalized spacial score (nSPS) is 15.1. The first-order valence-electron chi connectivity index (χ1n) is 43.1. The standard InChI is InChI=1S/C28H27N2O.C27H25N2O.C25H23N2O.C23H19N2O/c1-18-21-11-6-7-12-22(21)26-23-13-8-15-29-28(23)31-27(26)25(18)24-17-20(14-16-30(24)2)19-9-4-3-5-10-19;1-17-20-10-5-6-11-21(20)25-22-12-7-14-28-27(22)30-26(25)24(17)23-16-19(13-15-29(23)2)18-8-3-4-9-18;1-15(2)17-11-13-27(4)21(14-17)22-16(3)18-8-5-6-9-19(18)23-20-10-7-12-26-25(20)28-24(22)23;1-14-10-11-19(25(3)13-14)20-15(2)16-7-4-5-8-17(16)21-18-9-6-12-24-23(18)26-22(20)21/h6-8,11-17,19H,3-5,9-10H2,1-2H3;5-7,10-16,18H,3-4,8-9H2,1-2H3;5-15H,1-4H3;4-13H,1-3H3/q4*+1/i19D;18D;15D;1D3. The minimum Gasteiger partial charge on any atom is -0.437 e. The van der Waals surface area contributed by atoms with Gasteiger partial charge in [-0.05, 0) is 215 Å².